The molecule has 0 nitrogen and oxygen atoms in total. The van der Waals surface area contributed by atoms with E-state index in [0.29, 0.717) is 0 Å². The van der Waals surface area contributed by atoms with E-state index >= 15 is 0 Å². The smallest absolute Gasteiger partial charge is 0.109 e. The van der Waals surface area contributed by atoms with E-state index in [2.05, 4.69) is 63.3 Å². The van der Waals surface area contributed by atoms with Crippen LogP contribution in [0.25, 0.3) is 0 Å². The first-order valence-electron chi connectivity index (χ1n) is 6.82. The third kappa shape index (κ3) is 24.8. The van der Waals surface area contributed by atoms with E-state index < -0.39 is 0 Å². The molecule has 3 heteroatoms. The van der Waals surface area contributed by atoms with Crippen molar-refractivity contribution < 1.29 is 24.2 Å². The van der Waals surface area contributed by atoms with Crippen LogP contribution in [-0.4, -0.2) is 3.21 Å². The summed E-state index contributed by atoms with van der Waals surface area (Å²) in [6.45, 7) is 6.31. The van der Waals surface area contributed by atoms with Crippen LogP contribution in [0.5, 0.6) is 0 Å². The molecule has 3 aliphatic rings. The number of allylic oxidation sites excluding steroid dienone is 12. The third-order valence-electron chi connectivity index (χ3n) is 2.04. The summed E-state index contributed by atoms with van der Waals surface area (Å²) in [5, 5.41) is 0. The van der Waals surface area contributed by atoms with Gasteiger partial charge in [0.25, 0.3) is 0 Å². The van der Waals surface area contributed by atoms with Crippen LogP contribution in [0.3, 0.4) is 0 Å². The van der Waals surface area contributed by atoms with Crippen LogP contribution in [-0.2, 0) is 24.2 Å². The standard InChI is InChI=1S/C6H7.2C5H5.C3H6.2ClH.Zr/c1-6-4-2-3-5-6;2*1-2-4-5-3-1;1-3-2;;;/h2,4H,3H2,1H3;2*1-3H,4H2;1-2H3;2*1H;/q3*-1;;;;. The monoisotopic (exact) mass is 413 g/mol. The molecule has 0 saturated carbocycles. The zero-order chi connectivity index (χ0) is 15.1. The van der Waals surface area contributed by atoms with Gasteiger partial charge in [-0.05, 0) is 0 Å². The SMILES string of the molecule is CC1=[C-]CC=C1.C[C](C)=[Zr].Cl.Cl.[C-]1=CC=CC1.[C-]1=CC=CC1. The molecule has 0 bridgehead atoms. The van der Waals surface area contributed by atoms with Crippen LogP contribution in [0.1, 0.15) is 40.0 Å². The van der Waals surface area contributed by atoms with Crippen molar-refractivity contribution in [3.63, 3.8) is 0 Å². The second-order valence-electron chi connectivity index (χ2n) is 4.47. The Labute approximate surface area is 164 Å². The Morgan fingerprint density at radius 1 is 0.909 bits per heavy atom. The summed E-state index contributed by atoms with van der Waals surface area (Å²) in [7, 11) is 0. The summed E-state index contributed by atoms with van der Waals surface area (Å²) in [5.74, 6) is 0. The van der Waals surface area contributed by atoms with E-state index in [4.69, 9.17) is 0 Å². The minimum Gasteiger partial charge on any atom is -0.273 e. The van der Waals surface area contributed by atoms with Crippen molar-refractivity contribution in [1.82, 2.24) is 0 Å². The van der Waals surface area contributed by atoms with Crippen molar-refractivity contribution in [3.8, 4) is 0 Å². The summed E-state index contributed by atoms with van der Waals surface area (Å²) < 4.78 is 1.51. The fraction of sp³-hybridized carbons (Fsp3) is 0.316. The first-order valence-corrected chi connectivity index (χ1v) is 8.05. The number of halogens is 2. The van der Waals surface area contributed by atoms with Crippen LogP contribution >= 0.6 is 24.8 Å². The van der Waals surface area contributed by atoms with Gasteiger partial charge in [0, 0.05) is 0 Å². The molecule has 0 aromatic carbocycles. The molecule has 3 aliphatic carbocycles. The molecule has 0 radical (unpaired) electrons. The van der Waals surface area contributed by atoms with Gasteiger partial charge in [0.05, 0.1) is 0 Å². The first kappa shape index (κ1) is 26.7. The number of hydrogen-bond acceptors (Lipinski definition) is 0. The van der Waals surface area contributed by atoms with Crippen molar-refractivity contribution in [2.24, 2.45) is 0 Å². The largest absolute Gasteiger partial charge is 0.273 e. The molecule has 0 amide bonds. The van der Waals surface area contributed by atoms with Gasteiger partial charge in [0.1, 0.15) is 0 Å². The van der Waals surface area contributed by atoms with Gasteiger partial charge < -0.3 is 0 Å². The molecule has 0 aromatic heterocycles. The van der Waals surface area contributed by atoms with Crippen LogP contribution in [0.2, 0.25) is 0 Å². The number of rotatable bonds is 0. The first-order chi connectivity index (χ1) is 9.63. The molecule has 122 valence electrons. The van der Waals surface area contributed by atoms with E-state index in [1.54, 1.807) is 24.2 Å². The Kier molecular flexibility index (Phi) is 25.2. The van der Waals surface area contributed by atoms with Crippen molar-refractivity contribution >= 4 is 28.0 Å². The van der Waals surface area contributed by atoms with Crippen LogP contribution in [0.4, 0.5) is 0 Å². The van der Waals surface area contributed by atoms with E-state index in [0.717, 1.165) is 19.3 Å². The molecular weight excluding hydrogens is 390 g/mol. The Morgan fingerprint density at radius 2 is 1.36 bits per heavy atom. The summed E-state index contributed by atoms with van der Waals surface area (Å²) in [5.41, 5.74) is 1.27. The zero-order valence-electron chi connectivity index (χ0n) is 13.6. The number of hydrogen-bond donors (Lipinski definition) is 0. The van der Waals surface area contributed by atoms with E-state index in [1.165, 1.54) is 8.78 Å². The van der Waals surface area contributed by atoms with Gasteiger partial charge in [-0.15, -0.1) is 44.1 Å². The predicted octanol–water partition coefficient (Wildman–Crippen LogP) is 5.90. The molecule has 0 N–H and O–H groups in total. The van der Waals surface area contributed by atoms with E-state index in [-0.39, 0.29) is 24.8 Å². The molecule has 3 rings (SSSR count). The molecule has 0 saturated heterocycles. The summed E-state index contributed by atoms with van der Waals surface area (Å²) in [6.07, 6.45) is 28.3. The van der Waals surface area contributed by atoms with Gasteiger partial charge >= 0.3 is 41.3 Å². The van der Waals surface area contributed by atoms with Crippen molar-refractivity contribution in [3.05, 3.63) is 72.4 Å². The van der Waals surface area contributed by atoms with Crippen molar-refractivity contribution in [2.75, 3.05) is 0 Å². The van der Waals surface area contributed by atoms with Gasteiger partial charge in [-0.1, -0.05) is 6.92 Å². The normalized spacial score (nSPS) is 14.2. The summed E-state index contributed by atoms with van der Waals surface area (Å²) in [6, 6.07) is 0. The third-order valence-corrected chi connectivity index (χ3v) is 2.04. The average Bonchev–Trinajstić information content (AvgIpc) is 3.17. The Morgan fingerprint density at radius 3 is 1.45 bits per heavy atom. The maximum absolute atomic E-state index is 3.12. The Bertz CT molecular complexity index is 390. The second kappa shape index (κ2) is 20.8. The summed E-state index contributed by atoms with van der Waals surface area (Å²) >= 11 is 1.55. The van der Waals surface area contributed by atoms with Crippen molar-refractivity contribution in [1.29, 1.82) is 0 Å². The van der Waals surface area contributed by atoms with Crippen LogP contribution in [0.15, 0.2) is 54.2 Å². The summed E-state index contributed by atoms with van der Waals surface area (Å²) in [4.78, 5) is 0. The molecule has 0 unspecified atom stereocenters. The van der Waals surface area contributed by atoms with Gasteiger partial charge in [-0.2, -0.15) is 18.2 Å². The maximum atomic E-state index is 3.12. The topological polar surface area (TPSA) is 0 Å². The average molecular weight is 416 g/mol. The van der Waals surface area contributed by atoms with E-state index in [1.807, 2.05) is 24.3 Å². The second-order valence-corrected chi connectivity index (χ2v) is 6.93. The maximum Gasteiger partial charge on any atom is -0.109 e. The van der Waals surface area contributed by atoms with Gasteiger partial charge in [-0.3, -0.25) is 18.2 Å². The van der Waals surface area contributed by atoms with E-state index in [9.17, 15) is 0 Å². The molecule has 0 aliphatic heterocycles. The molecule has 0 heterocycles. The Hall–Kier alpha value is -0.227. The van der Waals surface area contributed by atoms with Crippen molar-refractivity contribution in [2.45, 2.75) is 40.0 Å². The minimum atomic E-state index is 0. The fourth-order valence-electron chi connectivity index (χ4n) is 1.19. The van der Waals surface area contributed by atoms with Gasteiger partial charge in [0.2, 0.25) is 0 Å². The van der Waals surface area contributed by atoms with Gasteiger partial charge in [-0.25, -0.2) is 36.0 Å². The fourth-order valence-corrected chi connectivity index (χ4v) is 1.19. The minimum absolute atomic E-state index is 0. The molecule has 22 heavy (non-hydrogen) atoms. The molecule has 0 spiro atoms. The quantitative estimate of drug-likeness (QED) is 0.432. The predicted molar refractivity (Wildman–Crippen MR) is 100 cm³/mol. The molecular formula is C19H25Cl2Zr-3. The van der Waals surface area contributed by atoms with Crippen LogP contribution in [0, 0.1) is 18.2 Å². The van der Waals surface area contributed by atoms with Gasteiger partial charge in [0.15, 0.2) is 0 Å². The Balaban J connectivity index is -0.000000215. The molecule has 0 atom stereocenters. The molecule has 0 aromatic rings. The zero-order valence-corrected chi connectivity index (χ0v) is 17.6. The molecule has 0 fully saturated rings. The van der Waals surface area contributed by atoms with Crippen LogP contribution < -0.4 is 0 Å².